The number of nitrogens with zero attached hydrogens (tertiary/aromatic N) is 1. The molecule has 3 nitrogen and oxygen atoms in total. The molecular formula is C17H30N2O. The fourth-order valence-electron chi connectivity index (χ4n) is 2.27. The second-order valence-electron chi connectivity index (χ2n) is 5.93. The molecule has 0 aliphatic rings. The van der Waals surface area contributed by atoms with Gasteiger partial charge in [-0.2, -0.15) is 0 Å². The lowest BCUT2D eigenvalue weighted by Crippen LogP contribution is -2.37. The molecular weight excluding hydrogens is 248 g/mol. The second kappa shape index (κ2) is 8.28. The van der Waals surface area contributed by atoms with Gasteiger partial charge in [-0.25, -0.2) is 0 Å². The van der Waals surface area contributed by atoms with E-state index < -0.39 is 0 Å². The molecule has 20 heavy (non-hydrogen) atoms. The molecule has 1 atom stereocenters. The summed E-state index contributed by atoms with van der Waals surface area (Å²) in [4.78, 5) is 2.43. The number of hydrogen-bond acceptors (Lipinski definition) is 3. The number of ether oxygens (including phenoxy) is 1. The van der Waals surface area contributed by atoms with Crippen LogP contribution in [0.25, 0.3) is 0 Å². The van der Waals surface area contributed by atoms with Crippen molar-refractivity contribution in [3.05, 3.63) is 29.8 Å². The van der Waals surface area contributed by atoms with Gasteiger partial charge in [-0.05, 0) is 58.4 Å². The zero-order valence-corrected chi connectivity index (χ0v) is 13.6. The highest BCUT2D eigenvalue weighted by molar-refractivity contribution is 5.29. The SMILES string of the molecule is CCCN(CC(N)c1ccc(OC(C)C)cc1)C(C)C. The second-order valence-corrected chi connectivity index (χ2v) is 5.93. The van der Waals surface area contributed by atoms with Gasteiger partial charge in [-0.1, -0.05) is 19.1 Å². The summed E-state index contributed by atoms with van der Waals surface area (Å²) in [7, 11) is 0. The maximum Gasteiger partial charge on any atom is 0.119 e. The average molecular weight is 278 g/mol. The maximum atomic E-state index is 6.33. The van der Waals surface area contributed by atoms with Crippen LogP contribution in [0.15, 0.2) is 24.3 Å². The van der Waals surface area contributed by atoms with E-state index in [1.54, 1.807) is 0 Å². The van der Waals surface area contributed by atoms with Crippen LogP contribution in [-0.2, 0) is 0 Å². The van der Waals surface area contributed by atoms with Crippen molar-refractivity contribution in [2.24, 2.45) is 5.73 Å². The highest BCUT2D eigenvalue weighted by Crippen LogP contribution is 2.19. The summed E-state index contributed by atoms with van der Waals surface area (Å²) in [6, 6.07) is 8.75. The molecule has 0 radical (unpaired) electrons. The third-order valence-electron chi connectivity index (χ3n) is 3.35. The molecule has 2 N–H and O–H groups in total. The van der Waals surface area contributed by atoms with Crippen LogP contribution in [0.2, 0.25) is 0 Å². The molecule has 114 valence electrons. The molecule has 1 aromatic rings. The lowest BCUT2D eigenvalue weighted by molar-refractivity contribution is 0.209. The van der Waals surface area contributed by atoms with Crippen LogP contribution >= 0.6 is 0 Å². The zero-order chi connectivity index (χ0) is 15.1. The Morgan fingerprint density at radius 1 is 1.10 bits per heavy atom. The summed E-state index contributed by atoms with van der Waals surface area (Å²) in [5.41, 5.74) is 7.50. The first-order valence-electron chi connectivity index (χ1n) is 7.70. The van der Waals surface area contributed by atoms with Gasteiger partial charge in [-0.15, -0.1) is 0 Å². The average Bonchev–Trinajstić information content (AvgIpc) is 2.38. The Kier molecular flexibility index (Phi) is 7.03. The summed E-state index contributed by atoms with van der Waals surface area (Å²) in [5.74, 6) is 0.908. The molecule has 0 saturated heterocycles. The van der Waals surface area contributed by atoms with Crippen molar-refractivity contribution < 1.29 is 4.74 Å². The van der Waals surface area contributed by atoms with E-state index in [0.29, 0.717) is 6.04 Å². The van der Waals surface area contributed by atoms with Crippen LogP contribution in [0, 0.1) is 0 Å². The van der Waals surface area contributed by atoms with E-state index in [1.165, 1.54) is 5.56 Å². The van der Waals surface area contributed by atoms with E-state index >= 15 is 0 Å². The van der Waals surface area contributed by atoms with Crippen molar-refractivity contribution in [2.45, 2.75) is 59.2 Å². The Labute approximate surface area is 124 Å². The van der Waals surface area contributed by atoms with Crippen LogP contribution in [0.5, 0.6) is 5.75 Å². The maximum absolute atomic E-state index is 6.33. The first kappa shape index (κ1) is 17.0. The van der Waals surface area contributed by atoms with E-state index in [0.717, 1.165) is 25.3 Å². The minimum atomic E-state index is 0.0528. The van der Waals surface area contributed by atoms with Gasteiger partial charge in [-0.3, -0.25) is 4.90 Å². The van der Waals surface area contributed by atoms with Crippen molar-refractivity contribution >= 4 is 0 Å². The van der Waals surface area contributed by atoms with Gasteiger partial charge in [0.2, 0.25) is 0 Å². The molecule has 0 aliphatic heterocycles. The van der Waals surface area contributed by atoms with Gasteiger partial charge in [0.1, 0.15) is 5.75 Å². The smallest absolute Gasteiger partial charge is 0.119 e. The van der Waals surface area contributed by atoms with Gasteiger partial charge in [0, 0.05) is 18.6 Å². The number of rotatable bonds is 8. The summed E-state index contributed by atoms with van der Waals surface area (Å²) in [5, 5.41) is 0. The van der Waals surface area contributed by atoms with Gasteiger partial charge >= 0.3 is 0 Å². The predicted molar refractivity (Wildman–Crippen MR) is 86.1 cm³/mol. The first-order chi connectivity index (χ1) is 9.43. The zero-order valence-electron chi connectivity index (χ0n) is 13.6. The monoisotopic (exact) mass is 278 g/mol. The molecule has 0 spiro atoms. The quantitative estimate of drug-likeness (QED) is 0.789. The van der Waals surface area contributed by atoms with Crippen LogP contribution in [0.1, 0.15) is 52.6 Å². The third kappa shape index (κ3) is 5.51. The minimum Gasteiger partial charge on any atom is -0.491 e. The van der Waals surface area contributed by atoms with E-state index in [4.69, 9.17) is 10.5 Å². The molecule has 1 rings (SSSR count). The van der Waals surface area contributed by atoms with Crippen molar-refractivity contribution in [1.29, 1.82) is 0 Å². The van der Waals surface area contributed by atoms with Crippen molar-refractivity contribution in [2.75, 3.05) is 13.1 Å². The molecule has 3 heteroatoms. The number of benzene rings is 1. The van der Waals surface area contributed by atoms with Gasteiger partial charge in [0.15, 0.2) is 0 Å². The fraction of sp³-hybridized carbons (Fsp3) is 0.647. The highest BCUT2D eigenvalue weighted by Gasteiger charge is 2.14. The molecule has 0 heterocycles. The summed E-state index contributed by atoms with van der Waals surface area (Å²) in [6.45, 7) is 12.7. The number of hydrogen-bond donors (Lipinski definition) is 1. The predicted octanol–water partition coefficient (Wildman–Crippen LogP) is 3.59. The topological polar surface area (TPSA) is 38.5 Å². The van der Waals surface area contributed by atoms with E-state index in [9.17, 15) is 0 Å². The molecule has 0 amide bonds. The normalized spacial score (nSPS) is 13.2. The summed E-state index contributed by atoms with van der Waals surface area (Å²) in [6.07, 6.45) is 1.36. The molecule has 0 aromatic heterocycles. The third-order valence-corrected chi connectivity index (χ3v) is 3.35. The standard InChI is InChI=1S/C17H30N2O/c1-6-11-19(13(2)3)12-17(18)15-7-9-16(10-8-15)20-14(4)5/h7-10,13-14,17H,6,11-12,18H2,1-5H3. The number of nitrogens with two attached hydrogens (primary N) is 1. The van der Waals surface area contributed by atoms with E-state index in [1.807, 2.05) is 26.0 Å². The summed E-state index contributed by atoms with van der Waals surface area (Å²) < 4.78 is 5.66. The van der Waals surface area contributed by atoms with Gasteiger partial charge in [0.05, 0.1) is 6.10 Å². The van der Waals surface area contributed by atoms with E-state index in [2.05, 4.69) is 37.8 Å². The molecule has 0 aliphatic carbocycles. The largest absolute Gasteiger partial charge is 0.491 e. The highest BCUT2D eigenvalue weighted by atomic mass is 16.5. The summed E-state index contributed by atoms with van der Waals surface area (Å²) >= 11 is 0. The minimum absolute atomic E-state index is 0.0528. The van der Waals surface area contributed by atoms with Gasteiger partial charge < -0.3 is 10.5 Å². The Balaban J connectivity index is 2.64. The molecule has 0 bridgehead atoms. The lowest BCUT2D eigenvalue weighted by atomic mass is 10.1. The van der Waals surface area contributed by atoms with Crippen LogP contribution in [-0.4, -0.2) is 30.1 Å². The van der Waals surface area contributed by atoms with Crippen LogP contribution in [0.3, 0.4) is 0 Å². The van der Waals surface area contributed by atoms with Crippen LogP contribution < -0.4 is 10.5 Å². The van der Waals surface area contributed by atoms with Crippen molar-refractivity contribution in [3.8, 4) is 5.75 Å². The van der Waals surface area contributed by atoms with Crippen molar-refractivity contribution in [1.82, 2.24) is 4.90 Å². The Hall–Kier alpha value is -1.06. The molecule has 0 fully saturated rings. The van der Waals surface area contributed by atoms with Crippen LogP contribution in [0.4, 0.5) is 0 Å². The lowest BCUT2D eigenvalue weighted by Gasteiger charge is -2.29. The fourth-order valence-corrected chi connectivity index (χ4v) is 2.27. The Bertz CT molecular complexity index is 373. The molecule has 0 saturated carbocycles. The molecule has 1 unspecified atom stereocenters. The Morgan fingerprint density at radius 2 is 1.70 bits per heavy atom. The Morgan fingerprint density at radius 3 is 2.15 bits per heavy atom. The van der Waals surface area contributed by atoms with Crippen molar-refractivity contribution in [3.63, 3.8) is 0 Å². The van der Waals surface area contributed by atoms with Gasteiger partial charge in [0.25, 0.3) is 0 Å². The van der Waals surface area contributed by atoms with E-state index in [-0.39, 0.29) is 12.1 Å². The first-order valence-corrected chi connectivity index (χ1v) is 7.70. The molecule has 1 aromatic carbocycles.